The van der Waals surface area contributed by atoms with E-state index in [4.69, 9.17) is 16.6 Å². The summed E-state index contributed by atoms with van der Waals surface area (Å²) in [5.74, 6) is -0.0960. The van der Waals surface area contributed by atoms with Gasteiger partial charge in [0.1, 0.15) is 0 Å². The van der Waals surface area contributed by atoms with Crippen LogP contribution in [0.2, 0.25) is 5.02 Å². The molecule has 2 aromatic rings. The highest BCUT2D eigenvalue weighted by atomic mass is 35.5. The van der Waals surface area contributed by atoms with Crippen LogP contribution in [0, 0.1) is 0 Å². The molecule has 0 saturated carbocycles. The van der Waals surface area contributed by atoms with E-state index in [1.54, 1.807) is 11.0 Å². The number of benzene rings is 1. The molecule has 0 spiro atoms. The summed E-state index contributed by atoms with van der Waals surface area (Å²) in [6.45, 7) is 4.42. The number of rotatable bonds is 1. The third-order valence-corrected chi connectivity index (χ3v) is 6.30. The summed E-state index contributed by atoms with van der Waals surface area (Å²) in [4.78, 5) is 32.4. The molecule has 1 aromatic heterocycles. The average molecular weight is 402 g/mol. The number of halogens is 1. The van der Waals surface area contributed by atoms with Crippen LogP contribution in [0.4, 0.5) is 4.79 Å². The molecule has 28 heavy (non-hydrogen) atoms. The maximum absolute atomic E-state index is 13.1. The normalized spacial score (nSPS) is 22.2. The second-order valence-electron chi connectivity index (χ2n) is 7.89. The highest BCUT2D eigenvalue weighted by Gasteiger charge is 2.35. The summed E-state index contributed by atoms with van der Waals surface area (Å²) in [5.41, 5.74) is 3.51. The molecule has 0 bridgehead atoms. The Kier molecular flexibility index (Phi) is 4.91. The van der Waals surface area contributed by atoms with E-state index in [2.05, 4.69) is 0 Å². The lowest BCUT2D eigenvalue weighted by Gasteiger charge is -2.42. The third-order valence-electron chi connectivity index (χ3n) is 5.87. The van der Waals surface area contributed by atoms with Crippen molar-refractivity contribution < 1.29 is 14.7 Å². The largest absolute Gasteiger partial charge is 0.465 e. The third kappa shape index (κ3) is 3.20. The first-order valence-corrected chi connectivity index (χ1v) is 10.2. The average Bonchev–Trinajstić information content (AvgIpc) is 2.66. The van der Waals surface area contributed by atoms with Crippen molar-refractivity contribution in [3.05, 3.63) is 40.0 Å². The molecular weight excluding hydrogens is 378 g/mol. The van der Waals surface area contributed by atoms with Crippen LogP contribution in [0.25, 0.3) is 10.9 Å². The van der Waals surface area contributed by atoms with Crippen molar-refractivity contribution in [2.45, 2.75) is 51.6 Å². The van der Waals surface area contributed by atoms with Gasteiger partial charge in [0.15, 0.2) is 0 Å². The highest BCUT2D eigenvalue weighted by Crippen LogP contribution is 2.33. The first-order valence-electron chi connectivity index (χ1n) is 9.78. The number of carboxylic acid groups (broad SMARTS) is 1. The smallest absolute Gasteiger partial charge is 0.407 e. The zero-order chi connectivity index (χ0) is 20.0. The number of aryl methyl sites for hydroxylation is 1. The Morgan fingerprint density at radius 2 is 1.82 bits per heavy atom. The lowest BCUT2D eigenvalue weighted by Crippen LogP contribution is -2.59. The van der Waals surface area contributed by atoms with E-state index >= 15 is 0 Å². The second kappa shape index (κ2) is 7.24. The molecule has 1 aromatic carbocycles. The maximum atomic E-state index is 13.1. The lowest BCUT2D eigenvalue weighted by atomic mass is 9.94. The number of hydrogen-bond donors (Lipinski definition) is 1. The Labute approximate surface area is 169 Å². The zero-order valence-corrected chi connectivity index (χ0v) is 16.9. The van der Waals surface area contributed by atoms with E-state index in [0.29, 0.717) is 18.7 Å². The first kappa shape index (κ1) is 19.0. The van der Waals surface area contributed by atoms with Crippen LogP contribution in [0.1, 0.15) is 48.3 Å². The molecule has 2 unspecified atom stereocenters. The predicted molar refractivity (Wildman–Crippen MR) is 108 cm³/mol. The Morgan fingerprint density at radius 3 is 2.50 bits per heavy atom. The quantitative estimate of drug-likeness (QED) is 0.784. The van der Waals surface area contributed by atoms with Crippen molar-refractivity contribution in [1.82, 2.24) is 14.8 Å². The summed E-state index contributed by atoms with van der Waals surface area (Å²) in [6.07, 6.45) is 3.19. The number of aromatic nitrogens is 1. The van der Waals surface area contributed by atoms with Crippen LogP contribution < -0.4 is 0 Å². The fourth-order valence-electron chi connectivity index (χ4n) is 4.55. The molecule has 6 nitrogen and oxygen atoms in total. The molecule has 4 rings (SSSR count). The minimum absolute atomic E-state index is 0.0960. The summed E-state index contributed by atoms with van der Waals surface area (Å²) >= 11 is 6.63. The molecule has 2 heterocycles. The molecule has 1 N–H and O–H groups in total. The van der Waals surface area contributed by atoms with Crippen LogP contribution in [0.3, 0.4) is 0 Å². The molecule has 2 atom stereocenters. The van der Waals surface area contributed by atoms with E-state index in [-0.39, 0.29) is 18.0 Å². The van der Waals surface area contributed by atoms with Crippen LogP contribution in [-0.2, 0) is 12.8 Å². The molecule has 2 aliphatic rings. The summed E-state index contributed by atoms with van der Waals surface area (Å²) < 4.78 is 0. The molecule has 1 fully saturated rings. The molecule has 0 radical (unpaired) electrons. The fourth-order valence-corrected chi connectivity index (χ4v) is 4.91. The standard InChI is InChI=1S/C21H24ClN3O3/c1-12-10-24(11-13(2)25(12)21(27)28)20(26)14-7-8-16-18(9-14)23-17-6-4-3-5-15(17)19(16)22/h7-9,12-13H,3-6,10-11H2,1-2H3,(H,27,28). The van der Waals surface area contributed by atoms with E-state index < -0.39 is 6.09 Å². The van der Waals surface area contributed by atoms with Crippen molar-refractivity contribution in [3.63, 3.8) is 0 Å². The van der Waals surface area contributed by atoms with Gasteiger partial charge >= 0.3 is 6.09 Å². The second-order valence-corrected chi connectivity index (χ2v) is 8.27. The van der Waals surface area contributed by atoms with Gasteiger partial charge in [-0.05, 0) is 57.2 Å². The van der Waals surface area contributed by atoms with Crippen LogP contribution in [0.15, 0.2) is 18.2 Å². The Hall–Kier alpha value is -2.34. The van der Waals surface area contributed by atoms with Gasteiger partial charge in [0.25, 0.3) is 5.91 Å². The number of carbonyl (C=O) groups is 2. The molecule has 1 aliphatic carbocycles. The molecule has 148 valence electrons. The van der Waals surface area contributed by atoms with Crippen LogP contribution in [-0.4, -0.2) is 57.1 Å². The minimum atomic E-state index is -0.943. The van der Waals surface area contributed by atoms with Gasteiger partial charge in [-0.3, -0.25) is 14.7 Å². The molecular formula is C21H24ClN3O3. The lowest BCUT2D eigenvalue weighted by molar-refractivity contribution is 0.0326. The number of nitrogens with zero attached hydrogens (tertiary/aromatic N) is 3. The van der Waals surface area contributed by atoms with Crippen LogP contribution in [0.5, 0.6) is 0 Å². The zero-order valence-electron chi connectivity index (χ0n) is 16.1. The first-order chi connectivity index (χ1) is 13.4. The topological polar surface area (TPSA) is 73.7 Å². The number of hydrogen-bond acceptors (Lipinski definition) is 3. The summed E-state index contributed by atoms with van der Waals surface area (Å²) in [7, 11) is 0. The summed E-state index contributed by atoms with van der Waals surface area (Å²) in [5, 5.41) is 11.0. The monoisotopic (exact) mass is 401 g/mol. The number of piperazine rings is 1. The SMILES string of the molecule is CC1CN(C(=O)c2ccc3c(Cl)c4c(nc3c2)CCCC4)CC(C)N1C(=O)O. The van der Waals surface area contributed by atoms with Gasteiger partial charge in [0, 0.05) is 29.7 Å². The molecule has 1 aliphatic heterocycles. The van der Waals surface area contributed by atoms with Crippen molar-refractivity contribution in [2.75, 3.05) is 13.1 Å². The molecule has 7 heteroatoms. The van der Waals surface area contributed by atoms with Gasteiger partial charge in [0.05, 0.1) is 22.6 Å². The highest BCUT2D eigenvalue weighted by molar-refractivity contribution is 6.36. The minimum Gasteiger partial charge on any atom is -0.465 e. The molecule has 1 saturated heterocycles. The van der Waals surface area contributed by atoms with Gasteiger partial charge in [-0.25, -0.2) is 4.79 Å². The Bertz CT molecular complexity index is 950. The van der Waals surface area contributed by atoms with E-state index in [1.807, 2.05) is 26.0 Å². The van der Waals surface area contributed by atoms with Gasteiger partial charge in [-0.2, -0.15) is 0 Å². The Morgan fingerprint density at radius 1 is 1.14 bits per heavy atom. The number of pyridine rings is 1. The van der Waals surface area contributed by atoms with Gasteiger partial charge < -0.3 is 10.0 Å². The number of carbonyl (C=O) groups excluding carboxylic acids is 1. The van der Waals surface area contributed by atoms with Crippen molar-refractivity contribution in [2.24, 2.45) is 0 Å². The van der Waals surface area contributed by atoms with Crippen molar-refractivity contribution in [1.29, 1.82) is 0 Å². The van der Waals surface area contributed by atoms with Crippen molar-refractivity contribution in [3.8, 4) is 0 Å². The molecule has 2 amide bonds. The number of amides is 2. The summed E-state index contributed by atoms with van der Waals surface area (Å²) in [6, 6.07) is 5.01. The predicted octanol–water partition coefficient (Wildman–Crippen LogP) is 3.98. The van der Waals surface area contributed by atoms with Gasteiger partial charge in [-0.1, -0.05) is 17.7 Å². The van der Waals surface area contributed by atoms with E-state index in [9.17, 15) is 14.7 Å². The maximum Gasteiger partial charge on any atom is 0.407 e. The van der Waals surface area contributed by atoms with Gasteiger partial charge in [0.2, 0.25) is 0 Å². The Balaban J connectivity index is 1.64. The van der Waals surface area contributed by atoms with Crippen LogP contribution >= 0.6 is 11.6 Å². The van der Waals surface area contributed by atoms with Gasteiger partial charge in [-0.15, -0.1) is 0 Å². The fraction of sp³-hybridized carbons (Fsp3) is 0.476. The van der Waals surface area contributed by atoms with Crippen molar-refractivity contribution >= 4 is 34.5 Å². The van der Waals surface area contributed by atoms with E-state index in [1.165, 1.54) is 4.90 Å². The van der Waals surface area contributed by atoms with E-state index in [0.717, 1.165) is 52.9 Å². The number of fused-ring (bicyclic) bond motifs is 2.